The summed E-state index contributed by atoms with van der Waals surface area (Å²) in [5.74, 6) is 0.908. The molecule has 0 unspecified atom stereocenters. The van der Waals surface area contributed by atoms with Gasteiger partial charge in [0.25, 0.3) is 0 Å². The molecule has 0 bridgehead atoms. The summed E-state index contributed by atoms with van der Waals surface area (Å²) >= 11 is 3.09. The van der Waals surface area contributed by atoms with E-state index < -0.39 is 10.0 Å². The first kappa shape index (κ1) is 19.9. The fourth-order valence-corrected chi connectivity index (χ4v) is 5.98. The number of sulfonamides is 1. The molecule has 0 aliphatic heterocycles. The lowest BCUT2D eigenvalue weighted by molar-refractivity contribution is 0.352. The second-order valence-corrected chi connectivity index (χ2v) is 9.88. The topological polar surface area (TPSA) is 55.8 Å². The van der Waals surface area contributed by atoms with Gasteiger partial charge in [-0.05, 0) is 41.4 Å². The molecule has 27 heavy (non-hydrogen) atoms. The van der Waals surface area contributed by atoms with Crippen LogP contribution in [0.15, 0.2) is 52.1 Å². The molecule has 0 fully saturated rings. The SMILES string of the molecule is COc1cc(C)c(S(=O)(=O)N(Cc2cccs2)Cc2cccs2)cc1OC. The lowest BCUT2D eigenvalue weighted by Crippen LogP contribution is -2.30. The van der Waals surface area contributed by atoms with Crippen LogP contribution < -0.4 is 9.47 Å². The second kappa shape index (κ2) is 8.43. The molecule has 0 spiro atoms. The van der Waals surface area contributed by atoms with E-state index in [1.165, 1.54) is 18.5 Å². The molecule has 0 saturated heterocycles. The first-order valence-corrected chi connectivity index (χ1v) is 11.4. The van der Waals surface area contributed by atoms with E-state index in [2.05, 4.69) is 0 Å². The van der Waals surface area contributed by atoms with E-state index in [1.807, 2.05) is 35.0 Å². The minimum Gasteiger partial charge on any atom is -0.493 e. The van der Waals surface area contributed by atoms with Gasteiger partial charge < -0.3 is 9.47 Å². The van der Waals surface area contributed by atoms with Crippen LogP contribution in [0, 0.1) is 6.92 Å². The Morgan fingerprint density at radius 1 is 0.926 bits per heavy atom. The summed E-state index contributed by atoms with van der Waals surface area (Å²) in [7, 11) is -0.699. The molecule has 0 amide bonds. The number of benzene rings is 1. The molecule has 2 heterocycles. The zero-order valence-corrected chi connectivity index (χ0v) is 17.8. The van der Waals surface area contributed by atoms with Crippen molar-refractivity contribution in [1.82, 2.24) is 4.31 Å². The number of nitrogens with zero attached hydrogens (tertiary/aromatic N) is 1. The zero-order valence-electron chi connectivity index (χ0n) is 15.3. The summed E-state index contributed by atoms with van der Waals surface area (Å²) in [6.07, 6.45) is 0. The van der Waals surface area contributed by atoms with Gasteiger partial charge in [-0.1, -0.05) is 12.1 Å². The van der Waals surface area contributed by atoms with Gasteiger partial charge in [0.1, 0.15) is 0 Å². The van der Waals surface area contributed by atoms with Crippen LogP contribution in [0.3, 0.4) is 0 Å². The molecule has 0 aliphatic rings. The first-order valence-electron chi connectivity index (χ1n) is 8.23. The van der Waals surface area contributed by atoms with E-state index in [1.54, 1.807) is 41.7 Å². The van der Waals surface area contributed by atoms with Crippen LogP contribution >= 0.6 is 22.7 Å². The average molecular weight is 424 g/mol. The maximum Gasteiger partial charge on any atom is 0.244 e. The molecule has 1 aromatic carbocycles. The monoisotopic (exact) mass is 423 g/mol. The summed E-state index contributed by atoms with van der Waals surface area (Å²) in [6, 6.07) is 11.0. The van der Waals surface area contributed by atoms with Crippen LogP contribution in [0.5, 0.6) is 11.5 Å². The number of hydrogen-bond donors (Lipinski definition) is 0. The minimum atomic E-state index is -3.73. The number of hydrogen-bond acceptors (Lipinski definition) is 6. The van der Waals surface area contributed by atoms with Crippen LogP contribution in [-0.4, -0.2) is 26.9 Å². The van der Waals surface area contributed by atoms with Crippen LogP contribution in [0.2, 0.25) is 0 Å². The van der Waals surface area contributed by atoms with E-state index in [0.29, 0.717) is 30.2 Å². The average Bonchev–Trinajstić information content (AvgIpc) is 3.34. The van der Waals surface area contributed by atoms with Gasteiger partial charge in [-0.25, -0.2) is 8.42 Å². The second-order valence-electron chi connectivity index (χ2n) is 5.90. The number of rotatable bonds is 8. The van der Waals surface area contributed by atoms with Gasteiger partial charge in [-0.15, -0.1) is 22.7 Å². The van der Waals surface area contributed by atoms with Gasteiger partial charge in [-0.3, -0.25) is 0 Å². The molecule has 3 rings (SSSR count). The maximum atomic E-state index is 13.5. The molecule has 0 saturated carbocycles. The third kappa shape index (κ3) is 4.35. The molecule has 0 aliphatic carbocycles. The predicted octanol–water partition coefficient (Wildman–Crippen LogP) is 4.53. The molecule has 0 N–H and O–H groups in total. The highest BCUT2D eigenvalue weighted by atomic mass is 32.2. The summed E-state index contributed by atoms with van der Waals surface area (Å²) in [5.41, 5.74) is 0.620. The van der Waals surface area contributed by atoms with Gasteiger partial charge >= 0.3 is 0 Å². The smallest absolute Gasteiger partial charge is 0.244 e. The van der Waals surface area contributed by atoms with E-state index in [-0.39, 0.29) is 4.90 Å². The van der Waals surface area contributed by atoms with Crippen molar-refractivity contribution in [3.8, 4) is 11.5 Å². The summed E-state index contributed by atoms with van der Waals surface area (Å²) in [5, 5.41) is 3.90. The Morgan fingerprint density at radius 2 is 1.44 bits per heavy atom. The van der Waals surface area contributed by atoms with Crippen molar-refractivity contribution < 1.29 is 17.9 Å². The van der Waals surface area contributed by atoms with Crippen LogP contribution in [0.1, 0.15) is 15.3 Å². The standard InChI is InChI=1S/C19H21NO4S3/c1-14-10-17(23-2)18(24-3)11-19(14)27(21,22)20(12-15-6-4-8-25-15)13-16-7-5-9-26-16/h4-11H,12-13H2,1-3H3. The highest BCUT2D eigenvalue weighted by molar-refractivity contribution is 7.89. The third-order valence-corrected chi connectivity index (χ3v) is 7.78. The van der Waals surface area contributed by atoms with Gasteiger partial charge in [-0.2, -0.15) is 4.31 Å². The lowest BCUT2D eigenvalue weighted by atomic mass is 10.2. The van der Waals surface area contributed by atoms with Crippen molar-refractivity contribution in [1.29, 1.82) is 0 Å². The molecular formula is C19H21NO4S3. The normalized spacial score (nSPS) is 11.7. The first-order chi connectivity index (χ1) is 13.0. The van der Waals surface area contributed by atoms with E-state index in [0.717, 1.165) is 9.75 Å². The van der Waals surface area contributed by atoms with Crippen LogP contribution in [-0.2, 0) is 23.1 Å². The van der Waals surface area contributed by atoms with E-state index in [9.17, 15) is 8.42 Å². The van der Waals surface area contributed by atoms with Crippen LogP contribution in [0.4, 0.5) is 0 Å². The highest BCUT2D eigenvalue weighted by Crippen LogP contribution is 2.34. The quantitative estimate of drug-likeness (QED) is 0.534. The highest BCUT2D eigenvalue weighted by Gasteiger charge is 2.28. The summed E-state index contributed by atoms with van der Waals surface area (Å²) < 4.78 is 39.1. The Kier molecular flexibility index (Phi) is 6.21. The molecule has 0 atom stereocenters. The van der Waals surface area contributed by atoms with Crippen molar-refractivity contribution in [3.05, 3.63) is 62.5 Å². The van der Waals surface area contributed by atoms with Gasteiger partial charge in [0.15, 0.2) is 11.5 Å². The molecule has 5 nitrogen and oxygen atoms in total. The third-order valence-electron chi connectivity index (χ3n) is 4.12. The molecule has 2 aromatic heterocycles. The van der Waals surface area contributed by atoms with E-state index >= 15 is 0 Å². The van der Waals surface area contributed by atoms with Gasteiger partial charge in [0.2, 0.25) is 10.0 Å². The summed E-state index contributed by atoms with van der Waals surface area (Å²) in [6.45, 7) is 2.42. The Bertz CT molecular complexity index is 944. The minimum absolute atomic E-state index is 0.230. The predicted molar refractivity (Wildman–Crippen MR) is 109 cm³/mol. The Balaban J connectivity index is 2.04. The fourth-order valence-electron chi connectivity index (χ4n) is 2.76. The van der Waals surface area contributed by atoms with Crippen molar-refractivity contribution in [2.45, 2.75) is 24.9 Å². The Morgan fingerprint density at radius 3 is 1.89 bits per heavy atom. The van der Waals surface area contributed by atoms with Crippen molar-refractivity contribution in [2.24, 2.45) is 0 Å². The number of thiophene rings is 2. The Labute approximate surface area is 167 Å². The van der Waals surface area contributed by atoms with Gasteiger partial charge in [0.05, 0.1) is 19.1 Å². The fraction of sp³-hybridized carbons (Fsp3) is 0.263. The summed E-state index contributed by atoms with van der Waals surface area (Å²) in [4.78, 5) is 2.22. The molecule has 8 heteroatoms. The molecule has 144 valence electrons. The molecule has 0 radical (unpaired) electrons. The number of ether oxygens (including phenoxy) is 2. The van der Waals surface area contributed by atoms with Crippen molar-refractivity contribution in [2.75, 3.05) is 14.2 Å². The van der Waals surface area contributed by atoms with Crippen LogP contribution in [0.25, 0.3) is 0 Å². The maximum absolute atomic E-state index is 13.5. The van der Waals surface area contributed by atoms with E-state index in [4.69, 9.17) is 9.47 Å². The Hall–Kier alpha value is -1.87. The molecular weight excluding hydrogens is 402 g/mol. The number of aryl methyl sites for hydroxylation is 1. The lowest BCUT2D eigenvalue weighted by Gasteiger charge is -2.23. The number of methoxy groups -OCH3 is 2. The van der Waals surface area contributed by atoms with Crippen molar-refractivity contribution in [3.63, 3.8) is 0 Å². The van der Waals surface area contributed by atoms with Crippen molar-refractivity contribution >= 4 is 32.7 Å². The zero-order chi connectivity index (χ0) is 19.4. The largest absolute Gasteiger partial charge is 0.493 e. The van der Waals surface area contributed by atoms with Gasteiger partial charge in [0, 0.05) is 28.9 Å². The molecule has 3 aromatic rings.